The molecule has 1 aromatic heterocycles. The molecule has 8 heteroatoms. The molecule has 0 aliphatic carbocycles. The van der Waals surface area contributed by atoms with Crippen molar-refractivity contribution in [3.63, 3.8) is 0 Å². The van der Waals surface area contributed by atoms with Crippen molar-refractivity contribution >= 4 is 5.97 Å². The molecular formula is C12H10F3N3O2. The standard InChI is InChI=1S/C12H10F3N3O2/c1-2-20-11(19)10-9(16-18-17-10)7-5-3-4-6-8(7)12(13,14)15/h3-6H,2H2,1H3,(H,16,17,18). The van der Waals surface area contributed by atoms with Crippen molar-refractivity contribution in [1.29, 1.82) is 0 Å². The molecule has 0 radical (unpaired) electrons. The average molecular weight is 285 g/mol. The van der Waals surface area contributed by atoms with Crippen LogP contribution >= 0.6 is 0 Å². The lowest BCUT2D eigenvalue weighted by Gasteiger charge is -2.11. The minimum absolute atomic E-state index is 0.0893. The Balaban J connectivity index is 2.54. The zero-order valence-electron chi connectivity index (χ0n) is 10.4. The maximum atomic E-state index is 12.9. The Morgan fingerprint density at radius 1 is 1.30 bits per heavy atom. The van der Waals surface area contributed by atoms with E-state index in [0.717, 1.165) is 6.07 Å². The van der Waals surface area contributed by atoms with Gasteiger partial charge in [-0.25, -0.2) is 4.79 Å². The number of esters is 1. The van der Waals surface area contributed by atoms with Gasteiger partial charge in [0.05, 0.1) is 12.2 Å². The SMILES string of the molecule is CCOC(=O)c1n[nH]nc1-c1ccccc1C(F)(F)F. The molecule has 0 aliphatic heterocycles. The number of hydrogen-bond acceptors (Lipinski definition) is 4. The molecule has 20 heavy (non-hydrogen) atoms. The third-order valence-electron chi connectivity index (χ3n) is 2.50. The van der Waals surface area contributed by atoms with Crippen LogP contribution in [0.5, 0.6) is 0 Å². The van der Waals surface area contributed by atoms with Crippen LogP contribution in [0.25, 0.3) is 11.3 Å². The number of carbonyl (C=O) groups is 1. The summed E-state index contributed by atoms with van der Waals surface area (Å²) in [5, 5.41) is 9.33. The highest BCUT2D eigenvalue weighted by Crippen LogP contribution is 2.36. The molecule has 0 unspecified atom stereocenters. The highest BCUT2D eigenvalue weighted by molar-refractivity contribution is 5.94. The maximum Gasteiger partial charge on any atom is 0.417 e. The van der Waals surface area contributed by atoms with Gasteiger partial charge < -0.3 is 4.74 Å². The Labute approximate surface area is 111 Å². The summed E-state index contributed by atoms with van der Waals surface area (Å²) < 4.78 is 43.6. The minimum atomic E-state index is -4.55. The second-order valence-electron chi connectivity index (χ2n) is 3.78. The van der Waals surface area contributed by atoms with E-state index in [9.17, 15) is 18.0 Å². The molecule has 0 spiro atoms. The minimum Gasteiger partial charge on any atom is -0.461 e. The molecule has 0 atom stereocenters. The molecule has 5 nitrogen and oxygen atoms in total. The molecule has 0 saturated heterocycles. The van der Waals surface area contributed by atoms with Gasteiger partial charge in [0.15, 0.2) is 5.69 Å². The molecule has 0 fully saturated rings. The molecule has 1 N–H and O–H groups in total. The monoisotopic (exact) mass is 285 g/mol. The van der Waals surface area contributed by atoms with E-state index in [2.05, 4.69) is 15.4 Å². The van der Waals surface area contributed by atoms with Gasteiger partial charge in [-0.05, 0) is 13.0 Å². The smallest absolute Gasteiger partial charge is 0.417 e. The molecule has 0 bridgehead atoms. The van der Waals surface area contributed by atoms with Gasteiger partial charge >= 0.3 is 12.1 Å². The second kappa shape index (κ2) is 5.32. The Morgan fingerprint density at radius 3 is 2.65 bits per heavy atom. The summed E-state index contributed by atoms with van der Waals surface area (Å²) in [7, 11) is 0. The van der Waals surface area contributed by atoms with Crippen molar-refractivity contribution in [2.24, 2.45) is 0 Å². The predicted octanol–water partition coefficient (Wildman–Crippen LogP) is 2.67. The van der Waals surface area contributed by atoms with Crippen molar-refractivity contribution in [2.45, 2.75) is 13.1 Å². The van der Waals surface area contributed by atoms with Gasteiger partial charge in [0, 0.05) is 5.56 Å². The molecular weight excluding hydrogens is 275 g/mol. The summed E-state index contributed by atoms with van der Waals surface area (Å²) in [6.07, 6.45) is -4.55. The number of hydrogen-bond donors (Lipinski definition) is 1. The fourth-order valence-corrected chi connectivity index (χ4v) is 1.70. The van der Waals surface area contributed by atoms with E-state index in [-0.39, 0.29) is 23.6 Å². The number of halogens is 3. The quantitative estimate of drug-likeness (QED) is 0.880. The van der Waals surface area contributed by atoms with Crippen LogP contribution < -0.4 is 0 Å². The maximum absolute atomic E-state index is 12.9. The number of nitrogens with one attached hydrogen (secondary N) is 1. The van der Waals surface area contributed by atoms with Crippen LogP contribution in [0.1, 0.15) is 23.0 Å². The van der Waals surface area contributed by atoms with E-state index in [0.29, 0.717) is 0 Å². The number of ether oxygens (including phenoxy) is 1. The number of aromatic amines is 1. The van der Waals surface area contributed by atoms with E-state index in [1.807, 2.05) is 0 Å². The molecule has 0 aliphatic rings. The van der Waals surface area contributed by atoms with Crippen LogP contribution in [0, 0.1) is 0 Å². The number of carbonyl (C=O) groups excluding carboxylic acids is 1. The first-order chi connectivity index (χ1) is 9.45. The lowest BCUT2D eigenvalue weighted by Crippen LogP contribution is -2.10. The number of alkyl halides is 3. The first kappa shape index (κ1) is 14.0. The van der Waals surface area contributed by atoms with E-state index in [1.165, 1.54) is 18.2 Å². The van der Waals surface area contributed by atoms with Gasteiger partial charge in [-0.1, -0.05) is 18.2 Å². The first-order valence-electron chi connectivity index (χ1n) is 5.69. The molecule has 2 aromatic rings. The summed E-state index contributed by atoms with van der Waals surface area (Å²) in [5.74, 6) is -0.826. The molecule has 1 heterocycles. The van der Waals surface area contributed by atoms with Crippen LogP contribution in [-0.4, -0.2) is 28.0 Å². The van der Waals surface area contributed by atoms with Gasteiger partial charge in [-0.3, -0.25) is 0 Å². The van der Waals surface area contributed by atoms with Crippen LogP contribution in [0.2, 0.25) is 0 Å². The van der Waals surface area contributed by atoms with Crippen molar-refractivity contribution in [3.8, 4) is 11.3 Å². The lowest BCUT2D eigenvalue weighted by molar-refractivity contribution is -0.137. The summed E-state index contributed by atoms with van der Waals surface area (Å²) in [4.78, 5) is 11.6. The third-order valence-corrected chi connectivity index (χ3v) is 2.50. The third kappa shape index (κ3) is 2.63. The summed E-state index contributed by atoms with van der Waals surface area (Å²) in [6.45, 7) is 1.67. The number of H-pyrrole nitrogens is 1. The molecule has 106 valence electrons. The fraction of sp³-hybridized carbons (Fsp3) is 0.250. The average Bonchev–Trinajstić information content (AvgIpc) is 2.87. The Bertz CT molecular complexity index is 622. The highest BCUT2D eigenvalue weighted by Gasteiger charge is 2.35. The fourth-order valence-electron chi connectivity index (χ4n) is 1.70. The summed E-state index contributed by atoms with van der Waals surface area (Å²) >= 11 is 0. The van der Waals surface area contributed by atoms with E-state index in [1.54, 1.807) is 6.92 Å². The topological polar surface area (TPSA) is 67.9 Å². The Kier molecular flexibility index (Phi) is 3.73. The van der Waals surface area contributed by atoms with Gasteiger partial charge in [0.1, 0.15) is 5.69 Å². The first-order valence-corrected chi connectivity index (χ1v) is 5.69. The van der Waals surface area contributed by atoms with Crippen LogP contribution in [0.3, 0.4) is 0 Å². The predicted molar refractivity (Wildman–Crippen MR) is 62.8 cm³/mol. The van der Waals surface area contributed by atoms with Crippen LogP contribution in [0.15, 0.2) is 24.3 Å². The Morgan fingerprint density at radius 2 is 2.00 bits per heavy atom. The molecule has 0 saturated carbocycles. The van der Waals surface area contributed by atoms with Crippen molar-refractivity contribution in [2.75, 3.05) is 6.61 Å². The zero-order valence-corrected chi connectivity index (χ0v) is 10.4. The Hall–Kier alpha value is -2.38. The number of rotatable bonds is 3. The highest BCUT2D eigenvalue weighted by atomic mass is 19.4. The van der Waals surface area contributed by atoms with Crippen molar-refractivity contribution in [3.05, 3.63) is 35.5 Å². The van der Waals surface area contributed by atoms with Gasteiger partial charge in [0.2, 0.25) is 0 Å². The molecule has 0 amide bonds. The largest absolute Gasteiger partial charge is 0.461 e. The van der Waals surface area contributed by atoms with Gasteiger partial charge in [-0.2, -0.15) is 23.5 Å². The van der Waals surface area contributed by atoms with Crippen LogP contribution in [0.4, 0.5) is 13.2 Å². The summed E-state index contributed by atoms with van der Waals surface area (Å²) in [5.41, 5.74) is -1.57. The lowest BCUT2D eigenvalue weighted by atomic mass is 10.0. The normalized spacial score (nSPS) is 11.4. The van der Waals surface area contributed by atoms with E-state index < -0.39 is 17.7 Å². The summed E-state index contributed by atoms with van der Waals surface area (Å²) in [6, 6.07) is 4.83. The number of aromatic nitrogens is 3. The van der Waals surface area contributed by atoms with Crippen molar-refractivity contribution in [1.82, 2.24) is 15.4 Å². The molecule has 2 rings (SSSR count). The molecule has 1 aromatic carbocycles. The zero-order chi connectivity index (χ0) is 14.8. The van der Waals surface area contributed by atoms with Crippen LogP contribution in [-0.2, 0) is 10.9 Å². The van der Waals surface area contributed by atoms with E-state index in [4.69, 9.17) is 4.74 Å². The van der Waals surface area contributed by atoms with Gasteiger partial charge in [-0.15, -0.1) is 5.10 Å². The number of benzene rings is 1. The van der Waals surface area contributed by atoms with E-state index >= 15 is 0 Å². The number of nitrogens with zero attached hydrogens (tertiary/aromatic N) is 2. The van der Waals surface area contributed by atoms with Gasteiger partial charge in [0.25, 0.3) is 0 Å². The van der Waals surface area contributed by atoms with Crippen molar-refractivity contribution < 1.29 is 22.7 Å². The second-order valence-corrected chi connectivity index (χ2v) is 3.78.